The molecule has 0 saturated carbocycles. The van der Waals surface area contributed by atoms with Crippen LogP contribution in [-0.4, -0.2) is 10.5 Å². The highest BCUT2D eigenvalue weighted by molar-refractivity contribution is 8.12. The predicted molar refractivity (Wildman–Crippen MR) is 69.5 cm³/mol. The van der Waals surface area contributed by atoms with Crippen molar-refractivity contribution in [3.8, 4) is 0 Å². The maximum absolute atomic E-state index is 4.91. The van der Waals surface area contributed by atoms with E-state index < -0.39 is 0 Å². The first-order valence-corrected chi connectivity index (χ1v) is 5.86. The molecule has 68 valence electrons. The van der Waals surface area contributed by atoms with Crippen LogP contribution in [-0.2, 0) is 0 Å². The van der Waals surface area contributed by atoms with Crippen LogP contribution in [0.15, 0.2) is 36.4 Å². The van der Waals surface area contributed by atoms with Gasteiger partial charge in [0.1, 0.15) is 0 Å². The molecule has 0 atom stereocenters. The predicted octanol–water partition coefficient (Wildman–Crippen LogP) is 3.65. The molecule has 1 aromatic rings. The highest BCUT2D eigenvalue weighted by atomic mass is 32.2. The number of hydrogen-bond acceptors (Lipinski definition) is 2. The third kappa shape index (κ3) is 3.55. The van der Waals surface area contributed by atoms with Gasteiger partial charge < -0.3 is 0 Å². The minimum atomic E-state index is 0.619. The summed E-state index contributed by atoms with van der Waals surface area (Å²) in [7, 11) is 0. The van der Waals surface area contributed by atoms with Crippen molar-refractivity contribution in [3.05, 3.63) is 42.0 Å². The zero-order chi connectivity index (χ0) is 9.68. The lowest BCUT2D eigenvalue weighted by Gasteiger charge is -2.02. The lowest BCUT2D eigenvalue weighted by Crippen LogP contribution is -1.81. The lowest BCUT2D eigenvalue weighted by molar-refractivity contribution is 1.66. The fourth-order valence-electron chi connectivity index (χ4n) is 0.975. The van der Waals surface area contributed by atoms with Crippen molar-refractivity contribution in [3.63, 3.8) is 0 Å². The monoisotopic (exact) mass is 226 g/mol. The number of rotatable bonds is 3. The molecule has 0 aliphatic heterocycles. The largest absolute Gasteiger partial charge is 0.132 e. The molecule has 0 aromatic heterocycles. The third-order valence-corrected chi connectivity index (χ3v) is 2.57. The van der Waals surface area contributed by atoms with Crippen molar-refractivity contribution >= 4 is 45.7 Å². The van der Waals surface area contributed by atoms with Crippen molar-refractivity contribution in [1.29, 1.82) is 0 Å². The van der Waals surface area contributed by atoms with Crippen LogP contribution >= 0.6 is 36.6 Å². The Morgan fingerprint density at radius 3 is 2.46 bits per heavy atom. The van der Waals surface area contributed by atoms with E-state index in [2.05, 4.69) is 24.8 Å². The van der Waals surface area contributed by atoms with Crippen molar-refractivity contribution < 1.29 is 0 Å². The van der Waals surface area contributed by atoms with Crippen molar-refractivity contribution in [1.82, 2.24) is 0 Å². The average Bonchev–Trinajstić information content (AvgIpc) is 2.15. The number of thiol groups is 1. The maximum Gasteiger partial charge on any atom is 0.0686 e. The van der Waals surface area contributed by atoms with E-state index in [1.807, 2.05) is 30.5 Å². The zero-order valence-electron chi connectivity index (χ0n) is 7.23. The first kappa shape index (κ1) is 10.8. The summed E-state index contributed by atoms with van der Waals surface area (Å²) >= 11 is 10.7. The fraction of sp³-hybridized carbons (Fsp3) is 0.100. The molecule has 13 heavy (non-hydrogen) atoms. The second kappa shape index (κ2) is 5.47. The van der Waals surface area contributed by atoms with Crippen LogP contribution in [0, 0.1) is 0 Å². The van der Waals surface area contributed by atoms with Crippen molar-refractivity contribution in [2.45, 2.75) is 0 Å². The molecular formula is C10H10S3. The molecule has 0 nitrogen and oxygen atoms in total. The normalized spacial score (nSPS) is 11.4. The van der Waals surface area contributed by atoms with Gasteiger partial charge in [-0.25, -0.2) is 0 Å². The molecule has 0 radical (unpaired) electrons. The SMILES string of the molecule is CS/C(=C\C(=S)S)c1ccccc1. The molecule has 0 unspecified atom stereocenters. The Morgan fingerprint density at radius 2 is 2.00 bits per heavy atom. The van der Waals surface area contributed by atoms with Crippen molar-refractivity contribution in [2.75, 3.05) is 6.26 Å². The van der Waals surface area contributed by atoms with E-state index >= 15 is 0 Å². The van der Waals surface area contributed by atoms with Crippen LogP contribution in [0.4, 0.5) is 0 Å². The Hall–Kier alpha value is -0.250. The van der Waals surface area contributed by atoms with Gasteiger partial charge in [0.25, 0.3) is 0 Å². The minimum Gasteiger partial charge on any atom is -0.132 e. The van der Waals surface area contributed by atoms with Crippen LogP contribution in [0.3, 0.4) is 0 Å². The number of hydrogen-bond donors (Lipinski definition) is 1. The van der Waals surface area contributed by atoms with Gasteiger partial charge in [0, 0.05) is 4.91 Å². The van der Waals surface area contributed by atoms with Gasteiger partial charge in [-0.05, 0) is 17.9 Å². The lowest BCUT2D eigenvalue weighted by atomic mass is 10.2. The molecule has 0 heterocycles. The van der Waals surface area contributed by atoms with E-state index in [1.165, 1.54) is 5.56 Å². The molecular weight excluding hydrogens is 216 g/mol. The summed E-state index contributed by atoms with van der Waals surface area (Å²) in [5, 5.41) is 0. The molecule has 0 N–H and O–H groups in total. The van der Waals surface area contributed by atoms with Crippen LogP contribution < -0.4 is 0 Å². The first-order chi connectivity index (χ1) is 6.24. The maximum atomic E-state index is 4.91. The first-order valence-electron chi connectivity index (χ1n) is 3.78. The standard InChI is InChI=1S/C10H10S3/c1-13-9(7-10(11)12)8-5-3-2-4-6-8/h2-7H,1H3,(H,11,12)/b9-7-. The van der Waals surface area contributed by atoms with Gasteiger partial charge >= 0.3 is 0 Å². The van der Waals surface area contributed by atoms with E-state index in [1.54, 1.807) is 11.8 Å². The van der Waals surface area contributed by atoms with Crippen LogP contribution in [0.25, 0.3) is 4.91 Å². The zero-order valence-corrected chi connectivity index (χ0v) is 9.76. The summed E-state index contributed by atoms with van der Waals surface area (Å²) in [6, 6.07) is 10.2. The molecule has 1 aromatic carbocycles. The van der Waals surface area contributed by atoms with Gasteiger partial charge in [0.15, 0.2) is 0 Å². The molecule has 0 amide bonds. The van der Waals surface area contributed by atoms with Gasteiger partial charge in [-0.15, -0.1) is 24.4 Å². The number of benzene rings is 1. The number of thioether (sulfide) groups is 1. The average molecular weight is 226 g/mol. The third-order valence-electron chi connectivity index (χ3n) is 1.53. The summed E-state index contributed by atoms with van der Waals surface area (Å²) in [5.74, 6) is 0. The summed E-state index contributed by atoms with van der Waals surface area (Å²) in [4.78, 5) is 1.15. The van der Waals surface area contributed by atoms with E-state index in [0.29, 0.717) is 4.20 Å². The molecule has 0 saturated heterocycles. The van der Waals surface area contributed by atoms with Gasteiger partial charge in [0.2, 0.25) is 0 Å². The summed E-state index contributed by atoms with van der Waals surface area (Å²) < 4.78 is 0.619. The quantitative estimate of drug-likeness (QED) is 0.475. The van der Waals surface area contributed by atoms with Crippen LogP contribution in [0.5, 0.6) is 0 Å². The van der Waals surface area contributed by atoms with Crippen LogP contribution in [0.2, 0.25) is 0 Å². The highest BCUT2D eigenvalue weighted by Crippen LogP contribution is 2.24. The fourth-order valence-corrected chi connectivity index (χ4v) is 1.99. The van der Waals surface area contributed by atoms with E-state index in [4.69, 9.17) is 12.2 Å². The molecule has 0 aliphatic rings. The second-order valence-electron chi connectivity index (χ2n) is 2.42. The molecule has 0 aliphatic carbocycles. The van der Waals surface area contributed by atoms with E-state index in [-0.39, 0.29) is 0 Å². The van der Waals surface area contributed by atoms with Gasteiger partial charge in [-0.2, -0.15) is 0 Å². The molecule has 0 fully saturated rings. The number of thiocarbonyl (C=S) groups is 1. The second-order valence-corrected chi connectivity index (χ2v) is 4.49. The topological polar surface area (TPSA) is 0 Å². The summed E-state index contributed by atoms with van der Waals surface area (Å²) in [6.45, 7) is 0. The van der Waals surface area contributed by atoms with Crippen LogP contribution in [0.1, 0.15) is 5.56 Å². The van der Waals surface area contributed by atoms with Gasteiger partial charge in [0.05, 0.1) is 4.20 Å². The van der Waals surface area contributed by atoms with Crippen molar-refractivity contribution in [2.24, 2.45) is 0 Å². The van der Waals surface area contributed by atoms with E-state index in [9.17, 15) is 0 Å². The Kier molecular flexibility index (Phi) is 4.56. The minimum absolute atomic E-state index is 0.619. The molecule has 3 heteroatoms. The summed E-state index contributed by atoms with van der Waals surface area (Å²) in [6.07, 6.45) is 3.93. The van der Waals surface area contributed by atoms with Gasteiger partial charge in [-0.3, -0.25) is 0 Å². The summed E-state index contributed by atoms with van der Waals surface area (Å²) in [5.41, 5.74) is 1.19. The smallest absolute Gasteiger partial charge is 0.0686 e. The van der Waals surface area contributed by atoms with Gasteiger partial charge in [-0.1, -0.05) is 42.5 Å². The highest BCUT2D eigenvalue weighted by Gasteiger charge is 1.98. The molecule has 1 rings (SSSR count). The van der Waals surface area contributed by atoms with E-state index in [0.717, 1.165) is 4.91 Å². The Balaban J connectivity index is 2.98. The Morgan fingerprint density at radius 1 is 1.38 bits per heavy atom. The molecule has 0 spiro atoms. The Labute approximate surface area is 93.8 Å². The Bertz CT molecular complexity index is 314. The molecule has 0 bridgehead atoms.